The molecule has 0 saturated carbocycles. The number of benzene rings is 1. The van der Waals surface area contributed by atoms with Crippen molar-refractivity contribution in [3.63, 3.8) is 0 Å². The van der Waals surface area contributed by atoms with Gasteiger partial charge in [0.2, 0.25) is 0 Å². The molecule has 1 saturated heterocycles. The van der Waals surface area contributed by atoms with Crippen LogP contribution < -0.4 is 5.32 Å². The first kappa shape index (κ1) is 14.1. The summed E-state index contributed by atoms with van der Waals surface area (Å²) in [7, 11) is 0. The van der Waals surface area contributed by atoms with Gasteiger partial charge in [-0.1, -0.05) is 31.2 Å². The van der Waals surface area contributed by atoms with E-state index in [4.69, 9.17) is 4.74 Å². The fourth-order valence-electron chi connectivity index (χ4n) is 3.74. The van der Waals surface area contributed by atoms with Gasteiger partial charge in [0.05, 0.1) is 18.3 Å². The summed E-state index contributed by atoms with van der Waals surface area (Å²) >= 11 is 0. The highest BCUT2D eigenvalue weighted by Gasteiger charge is 2.41. The van der Waals surface area contributed by atoms with Gasteiger partial charge in [0, 0.05) is 18.9 Å². The van der Waals surface area contributed by atoms with Crippen LogP contribution in [0.15, 0.2) is 24.3 Å². The maximum absolute atomic E-state index is 11.1. The molecule has 1 aromatic rings. The van der Waals surface area contributed by atoms with Crippen molar-refractivity contribution in [2.45, 2.75) is 44.3 Å². The zero-order valence-electron chi connectivity index (χ0n) is 12.3. The smallest absolute Gasteiger partial charge is 0.0855 e. The summed E-state index contributed by atoms with van der Waals surface area (Å²) < 4.78 is 5.98. The van der Waals surface area contributed by atoms with E-state index in [1.54, 1.807) is 0 Å². The highest BCUT2D eigenvalue weighted by atomic mass is 16.5. The molecule has 3 heteroatoms. The van der Waals surface area contributed by atoms with E-state index in [1.807, 2.05) is 0 Å². The van der Waals surface area contributed by atoms with Crippen LogP contribution in [-0.2, 0) is 11.2 Å². The van der Waals surface area contributed by atoms with E-state index in [9.17, 15) is 5.11 Å². The van der Waals surface area contributed by atoms with E-state index in [-0.39, 0.29) is 6.10 Å². The fourth-order valence-corrected chi connectivity index (χ4v) is 3.74. The van der Waals surface area contributed by atoms with E-state index in [1.165, 1.54) is 11.1 Å². The Morgan fingerprint density at radius 3 is 3.10 bits per heavy atom. The first-order valence-corrected chi connectivity index (χ1v) is 7.85. The monoisotopic (exact) mass is 275 g/mol. The Labute approximate surface area is 121 Å². The van der Waals surface area contributed by atoms with Crippen molar-refractivity contribution in [1.82, 2.24) is 5.32 Å². The van der Waals surface area contributed by atoms with E-state index in [0.717, 1.165) is 45.4 Å². The predicted molar refractivity (Wildman–Crippen MR) is 79.7 cm³/mol. The van der Waals surface area contributed by atoms with Gasteiger partial charge in [-0.25, -0.2) is 0 Å². The van der Waals surface area contributed by atoms with Crippen LogP contribution in [0.25, 0.3) is 0 Å². The Bertz CT molecular complexity index is 462. The predicted octanol–water partition coefficient (Wildman–Crippen LogP) is 2.44. The first-order valence-electron chi connectivity index (χ1n) is 7.85. The molecule has 20 heavy (non-hydrogen) atoms. The number of rotatable bonds is 3. The van der Waals surface area contributed by atoms with E-state index >= 15 is 0 Å². The summed E-state index contributed by atoms with van der Waals surface area (Å²) in [5, 5.41) is 14.5. The number of ether oxygens (including phenoxy) is 1. The van der Waals surface area contributed by atoms with Crippen molar-refractivity contribution in [2.24, 2.45) is 5.92 Å². The zero-order chi connectivity index (χ0) is 14.0. The molecule has 2 aliphatic rings. The Morgan fingerprint density at radius 2 is 2.25 bits per heavy atom. The largest absolute Gasteiger partial charge is 0.389 e. The van der Waals surface area contributed by atoms with Crippen molar-refractivity contribution in [2.75, 3.05) is 19.7 Å². The molecule has 0 radical (unpaired) electrons. The Balaban J connectivity index is 1.80. The molecule has 2 aliphatic heterocycles. The van der Waals surface area contributed by atoms with Gasteiger partial charge in [0.1, 0.15) is 0 Å². The minimum Gasteiger partial charge on any atom is -0.389 e. The third kappa shape index (κ3) is 2.62. The molecule has 3 rings (SSSR count). The van der Waals surface area contributed by atoms with Gasteiger partial charge < -0.3 is 15.2 Å². The highest BCUT2D eigenvalue weighted by Crippen LogP contribution is 2.39. The summed E-state index contributed by atoms with van der Waals surface area (Å²) in [6, 6.07) is 8.51. The molecule has 3 nitrogen and oxygen atoms in total. The molecule has 1 fully saturated rings. The SMILES string of the molecule is CCC1CNCCC1(O)CC1OCCc2ccccc21. The zero-order valence-corrected chi connectivity index (χ0v) is 12.3. The summed E-state index contributed by atoms with van der Waals surface area (Å²) in [4.78, 5) is 0. The summed E-state index contributed by atoms with van der Waals surface area (Å²) in [6.45, 7) is 4.76. The van der Waals surface area contributed by atoms with Gasteiger partial charge in [0.15, 0.2) is 0 Å². The molecule has 0 spiro atoms. The van der Waals surface area contributed by atoms with Crippen molar-refractivity contribution in [3.8, 4) is 0 Å². The van der Waals surface area contributed by atoms with Crippen LogP contribution in [0.2, 0.25) is 0 Å². The molecule has 110 valence electrons. The average molecular weight is 275 g/mol. The summed E-state index contributed by atoms with van der Waals surface area (Å²) in [5.41, 5.74) is 2.07. The van der Waals surface area contributed by atoms with Gasteiger partial charge in [-0.2, -0.15) is 0 Å². The second-order valence-electron chi connectivity index (χ2n) is 6.18. The van der Waals surface area contributed by atoms with Gasteiger partial charge in [-0.15, -0.1) is 0 Å². The molecule has 2 N–H and O–H groups in total. The Hall–Kier alpha value is -0.900. The molecule has 0 aromatic heterocycles. The van der Waals surface area contributed by atoms with Gasteiger partial charge in [-0.05, 0) is 36.9 Å². The van der Waals surface area contributed by atoms with Gasteiger partial charge in [-0.3, -0.25) is 0 Å². The van der Waals surface area contributed by atoms with E-state index in [2.05, 4.69) is 36.5 Å². The van der Waals surface area contributed by atoms with Crippen molar-refractivity contribution in [1.29, 1.82) is 0 Å². The topological polar surface area (TPSA) is 41.5 Å². The molecule has 0 aliphatic carbocycles. The maximum atomic E-state index is 11.1. The van der Waals surface area contributed by atoms with Crippen molar-refractivity contribution < 1.29 is 9.84 Å². The number of nitrogens with one attached hydrogen (secondary N) is 1. The standard InChI is InChI=1S/C17H25NO2/c1-2-14-12-18-9-8-17(14,19)11-16-15-6-4-3-5-13(15)7-10-20-16/h3-6,14,16,18-19H,2,7-12H2,1H3. The summed E-state index contributed by atoms with van der Waals surface area (Å²) in [6.07, 6.45) is 3.61. The van der Waals surface area contributed by atoms with Crippen LogP contribution in [-0.4, -0.2) is 30.4 Å². The molecule has 1 aromatic carbocycles. The normalized spacial score (nSPS) is 33.7. The molecular weight excluding hydrogens is 250 g/mol. The summed E-state index contributed by atoms with van der Waals surface area (Å²) in [5.74, 6) is 0.328. The minimum atomic E-state index is -0.588. The van der Waals surface area contributed by atoms with Crippen LogP contribution in [0, 0.1) is 5.92 Å². The molecule has 3 atom stereocenters. The number of hydrogen-bond donors (Lipinski definition) is 2. The number of fused-ring (bicyclic) bond motifs is 1. The van der Waals surface area contributed by atoms with Crippen LogP contribution in [0.1, 0.15) is 43.4 Å². The molecule has 0 bridgehead atoms. The Kier molecular flexibility index (Phi) is 4.11. The number of piperidine rings is 1. The lowest BCUT2D eigenvalue weighted by molar-refractivity contribution is -0.0927. The average Bonchev–Trinajstić information content (AvgIpc) is 2.48. The first-order chi connectivity index (χ1) is 9.73. The van der Waals surface area contributed by atoms with Crippen molar-refractivity contribution >= 4 is 0 Å². The quantitative estimate of drug-likeness (QED) is 0.890. The molecule has 3 unspecified atom stereocenters. The van der Waals surface area contributed by atoms with Crippen LogP contribution >= 0.6 is 0 Å². The lowest BCUT2D eigenvalue weighted by Gasteiger charge is -2.43. The van der Waals surface area contributed by atoms with Crippen LogP contribution in [0.3, 0.4) is 0 Å². The van der Waals surface area contributed by atoms with E-state index in [0.29, 0.717) is 5.92 Å². The molecular formula is C17H25NO2. The van der Waals surface area contributed by atoms with E-state index < -0.39 is 5.60 Å². The van der Waals surface area contributed by atoms with Crippen molar-refractivity contribution in [3.05, 3.63) is 35.4 Å². The minimum absolute atomic E-state index is 0.0529. The lowest BCUT2D eigenvalue weighted by Crippen LogP contribution is -2.51. The maximum Gasteiger partial charge on any atom is 0.0855 e. The highest BCUT2D eigenvalue weighted by molar-refractivity contribution is 5.31. The Morgan fingerprint density at radius 1 is 1.40 bits per heavy atom. The van der Waals surface area contributed by atoms with Crippen LogP contribution in [0.4, 0.5) is 0 Å². The van der Waals surface area contributed by atoms with Crippen LogP contribution in [0.5, 0.6) is 0 Å². The number of aliphatic hydroxyl groups is 1. The molecule has 2 heterocycles. The third-order valence-corrected chi connectivity index (χ3v) is 5.01. The molecule has 0 amide bonds. The third-order valence-electron chi connectivity index (χ3n) is 5.01. The van der Waals surface area contributed by atoms with Gasteiger partial charge >= 0.3 is 0 Å². The second kappa shape index (κ2) is 5.84. The fraction of sp³-hybridized carbons (Fsp3) is 0.647. The van der Waals surface area contributed by atoms with Gasteiger partial charge in [0.25, 0.3) is 0 Å². The lowest BCUT2D eigenvalue weighted by atomic mass is 9.75. The number of hydrogen-bond acceptors (Lipinski definition) is 3. The second-order valence-corrected chi connectivity index (χ2v) is 6.18.